The fraction of sp³-hybridized carbons (Fsp3) is 0.375. The van der Waals surface area contributed by atoms with E-state index < -0.39 is 12.1 Å². The number of nitrogens with one attached hydrogen (secondary N) is 2. The monoisotopic (exact) mass is 345 g/mol. The van der Waals surface area contributed by atoms with E-state index in [0.29, 0.717) is 41.7 Å². The molecule has 2 N–H and O–H groups in total. The van der Waals surface area contributed by atoms with Crippen LogP contribution >= 0.6 is 0 Å². The summed E-state index contributed by atoms with van der Waals surface area (Å²) in [4.78, 5) is 16.3. The molecule has 0 aliphatic carbocycles. The van der Waals surface area contributed by atoms with Gasteiger partial charge in [0.25, 0.3) is 0 Å². The molecule has 0 saturated heterocycles. The van der Waals surface area contributed by atoms with Crippen molar-refractivity contribution in [3.8, 4) is 11.8 Å². The number of aromatic nitrogens is 2. The van der Waals surface area contributed by atoms with Gasteiger partial charge in [0.1, 0.15) is 17.9 Å². The van der Waals surface area contributed by atoms with Gasteiger partial charge >= 0.3 is 6.03 Å². The second-order valence-corrected chi connectivity index (χ2v) is 5.14. The minimum absolute atomic E-state index is 0.300. The highest BCUT2D eigenvalue weighted by Crippen LogP contribution is 2.21. The van der Waals surface area contributed by atoms with Crippen LogP contribution in [0, 0.1) is 11.3 Å². The van der Waals surface area contributed by atoms with E-state index in [-0.39, 0.29) is 0 Å². The molecule has 0 aliphatic rings. The first-order valence-electron chi connectivity index (χ1n) is 7.54. The maximum absolute atomic E-state index is 12.1. The summed E-state index contributed by atoms with van der Waals surface area (Å²) < 4.78 is 15.1. The van der Waals surface area contributed by atoms with Gasteiger partial charge in [-0.1, -0.05) is 5.16 Å². The lowest BCUT2D eigenvalue weighted by molar-refractivity contribution is 0.199. The van der Waals surface area contributed by atoms with Crippen LogP contribution in [-0.4, -0.2) is 37.0 Å². The Hall–Kier alpha value is -3.12. The van der Waals surface area contributed by atoms with E-state index >= 15 is 0 Å². The number of hydrogen-bond donors (Lipinski definition) is 2. The fourth-order valence-electron chi connectivity index (χ4n) is 2.04. The predicted molar refractivity (Wildman–Crippen MR) is 88.2 cm³/mol. The molecule has 0 aliphatic heterocycles. The van der Waals surface area contributed by atoms with Crippen LogP contribution in [0.5, 0.6) is 5.75 Å². The van der Waals surface area contributed by atoms with Gasteiger partial charge in [-0.15, -0.1) is 0 Å². The van der Waals surface area contributed by atoms with Crippen LogP contribution in [-0.2, 0) is 11.2 Å². The van der Waals surface area contributed by atoms with Crippen molar-refractivity contribution in [1.82, 2.24) is 15.5 Å². The number of nitrogens with zero attached hydrogens (tertiary/aromatic N) is 3. The van der Waals surface area contributed by atoms with Crippen LogP contribution in [0.4, 0.5) is 10.5 Å². The molecule has 0 saturated carbocycles. The van der Waals surface area contributed by atoms with E-state index in [9.17, 15) is 4.79 Å². The predicted octanol–water partition coefficient (Wildman–Crippen LogP) is 2.02. The smallest absolute Gasteiger partial charge is 0.319 e. The minimum Gasteiger partial charge on any atom is -0.495 e. The Labute approximate surface area is 144 Å². The number of rotatable bonds is 7. The first-order valence-corrected chi connectivity index (χ1v) is 7.54. The van der Waals surface area contributed by atoms with Crippen molar-refractivity contribution in [2.24, 2.45) is 0 Å². The third-order valence-electron chi connectivity index (χ3n) is 3.31. The summed E-state index contributed by atoms with van der Waals surface area (Å²) in [7, 11) is 3.06. The number of ether oxygens (including phenoxy) is 2. The third-order valence-corrected chi connectivity index (χ3v) is 3.31. The lowest BCUT2D eigenvalue weighted by Gasteiger charge is -2.12. The van der Waals surface area contributed by atoms with Crippen LogP contribution in [0.25, 0.3) is 0 Å². The van der Waals surface area contributed by atoms with Gasteiger partial charge in [0.15, 0.2) is 5.82 Å². The number of amides is 2. The first kappa shape index (κ1) is 18.2. The highest BCUT2D eigenvalue weighted by molar-refractivity contribution is 5.89. The zero-order chi connectivity index (χ0) is 18.2. The van der Waals surface area contributed by atoms with Crippen LogP contribution in [0.2, 0.25) is 0 Å². The van der Waals surface area contributed by atoms with E-state index in [0.717, 1.165) is 0 Å². The molecular formula is C16H19N5O4. The lowest BCUT2D eigenvalue weighted by atomic mass is 10.2. The summed E-state index contributed by atoms with van der Waals surface area (Å²) in [5.74, 6) is 1.25. The maximum Gasteiger partial charge on any atom is 0.319 e. The van der Waals surface area contributed by atoms with Gasteiger partial charge in [-0.25, -0.2) is 4.79 Å². The summed E-state index contributed by atoms with van der Waals surface area (Å²) in [5, 5.41) is 18.2. The van der Waals surface area contributed by atoms with Gasteiger partial charge in [0, 0.05) is 19.2 Å². The molecule has 1 unspecified atom stereocenters. The molecule has 2 aromatic rings. The van der Waals surface area contributed by atoms with E-state index in [4.69, 9.17) is 19.3 Å². The number of methoxy groups -OCH3 is 2. The Balaban J connectivity index is 1.95. The molecule has 1 heterocycles. The van der Waals surface area contributed by atoms with Gasteiger partial charge in [0.2, 0.25) is 5.89 Å². The van der Waals surface area contributed by atoms with Crippen LogP contribution in [0.15, 0.2) is 22.7 Å². The van der Waals surface area contributed by atoms with Crippen LogP contribution < -0.4 is 15.4 Å². The zero-order valence-electron chi connectivity index (χ0n) is 14.2. The standard InChI is InChI=1S/C16H19N5O4/c1-10(15-20-14(21-25-15)6-7-23-2)18-16(22)19-12-4-5-13(24-3)11(8-12)9-17/h4-5,8,10H,6-7H2,1-3H3,(H2,18,19,22). The molecule has 1 aromatic heterocycles. The Morgan fingerprint density at radius 2 is 2.24 bits per heavy atom. The first-order chi connectivity index (χ1) is 12.1. The number of carbonyl (C=O) groups is 1. The van der Waals surface area contributed by atoms with Crippen molar-refractivity contribution < 1.29 is 18.8 Å². The van der Waals surface area contributed by atoms with Crippen LogP contribution in [0.1, 0.15) is 30.2 Å². The van der Waals surface area contributed by atoms with E-state index in [1.165, 1.54) is 13.2 Å². The third kappa shape index (κ3) is 4.92. The summed E-state index contributed by atoms with van der Waals surface area (Å²) in [6.07, 6.45) is 0.529. The second kappa shape index (κ2) is 8.65. The number of urea groups is 1. The number of nitriles is 1. The average molecular weight is 345 g/mol. The van der Waals surface area contributed by atoms with Crippen molar-refractivity contribution in [3.63, 3.8) is 0 Å². The molecule has 0 spiro atoms. The largest absolute Gasteiger partial charge is 0.495 e. The topological polar surface area (TPSA) is 122 Å². The molecule has 25 heavy (non-hydrogen) atoms. The zero-order valence-corrected chi connectivity index (χ0v) is 14.2. The summed E-state index contributed by atoms with van der Waals surface area (Å²) in [5.41, 5.74) is 0.793. The number of hydrogen-bond acceptors (Lipinski definition) is 7. The Bertz CT molecular complexity index is 768. The van der Waals surface area contributed by atoms with Crippen molar-refractivity contribution >= 4 is 11.7 Å². The normalized spacial score (nSPS) is 11.4. The van der Waals surface area contributed by atoms with Crippen molar-refractivity contribution in [3.05, 3.63) is 35.5 Å². The number of anilines is 1. The molecule has 132 valence electrons. The van der Waals surface area contributed by atoms with Crippen molar-refractivity contribution in [2.75, 3.05) is 26.1 Å². The molecular weight excluding hydrogens is 326 g/mol. The molecule has 9 nitrogen and oxygen atoms in total. The molecule has 0 fully saturated rings. The van der Waals surface area contributed by atoms with Gasteiger partial charge < -0.3 is 24.6 Å². The molecule has 1 aromatic carbocycles. The van der Waals surface area contributed by atoms with Gasteiger partial charge in [-0.05, 0) is 25.1 Å². The minimum atomic E-state index is -0.475. The molecule has 0 bridgehead atoms. The van der Waals surface area contributed by atoms with Gasteiger partial charge in [-0.2, -0.15) is 10.2 Å². The summed E-state index contributed by atoms with van der Waals surface area (Å²) in [6.45, 7) is 2.21. The van der Waals surface area contributed by atoms with Crippen LogP contribution in [0.3, 0.4) is 0 Å². The van der Waals surface area contributed by atoms with Crippen molar-refractivity contribution in [2.45, 2.75) is 19.4 Å². The molecule has 9 heteroatoms. The highest BCUT2D eigenvalue weighted by Gasteiger charge is 2.17. The number of carbonyl (C=O) groups excluding carboxylic acids is 1. The van der Waals surface area contributed by atoms with E-state index in [2.05, 4.69) is 20.8 Å². The van der Waals surface area contributed by atoms with Gasteiger partial charge in [0.05, 0.1) is 19.3 Å². The average Bonchev–Trinajstić information content (AvgIpc) is 3.08. The highest BCUT2D eigenvalue weighted by atomic mass is 16.5. The summed E-state index contributed by atoms with van der Waals surface area (Å²) >= 11 is 0. The maximum atomic E-state index is 12.1. The fourth-order valence-corrected chi connectivity index (χ4v) is 2.04. The molecule has 2 rings (SSSR count). The Morgan fingerprint density at radius 1 is 1.44 bits per heavy atom. The number of benzene rings is 1. The molecule has 0 radical (unpaired) electrons. The Morgan fingerprint density at radius 3 is 2.92 bits per heavy atom. The quantitative estimate of drug-likeness (QED) is 0.787. The van der Waals surface area contributed by atoms with E-state index in [1.807, 2.05) is 6.07 Å². The molecule has 2 amide bonds. The second-order valence-electron chi connectivity index (χ2n) is 5.14. The lowest BCUT2D eigenvalue weighted by Crippen LogP contribution is -2.31. The summed E-state index contributed by atoms with van der Waals surface area (Å²) in [6, 6.07) is 5.85. The Kier molecular flexibility index (Phi) is 6.31. The SMILES string of the molecule is COCCc1noc(C(C)NC(=O)Nc2ccc(OC)c(C#N)c2)n1. The molecule has 1 atom stereocenters. The van der Waals surface area contributed by atoms with Gasteiger partial charge in [-0.3, -0.25) is 0 Å². The van der Waals surface area contributed by atoms with E-state index in [1.54, 1.807) is 26.2 Å². The van der Waals surface area contributed by atoms with Crippen molar-refractivity contribution in [1.29, 1.82) is 5.26 Å².